The van der Waals surface area contributed by atoms with Crippen molar-refractivity contribution in [2.75, 3.05) is 50.7 Å². The van der Waals surface area contributed by atoms with Gasteiger partial charge < -0.3 is 14.5 Å². The Kier molecular flexibility index (Phi) is 7.76. The van der Waals surface area contributed by atoms with Gasteiger partial charge in [-0.1, -0.05) is 31.4 Å². The summed E-state index contributed by atoms with van der Waals surface area (Å²) in [7, 11) is 0. The molecule has 234 valence electrons. The Hall–Kier alpha value is -2.91. The number of nitrogens with zero attached hydrogens (tertiary/aromatic N) is 5. The zero-order chi connectivity index (χ0) is 30.6. The summed E-state index contributed by atoms with van der Waals surface area (Å²) in [6, 6.07) is 13.1. The van der Waals surface area contributed by atoms with Gasteiger partial charge in [0.15, 0.2) is 0 Å². The van der Waals surface area contributed by atoms with Crippen LogP contribution in [0.25, 0.3) is 16.6 Å². The number of hydrogen-bond acceptors (Lipinski definition) is 6. The first-order chi connectivity index (χ1) is 21.1. The molecule has 1 spiro atoms. The van der Waals surface area contributed by atoms with Crippen molar-refractivity contribution in [3.05, 3.63) is 62.6 Å². The number of aromatic nitrogens is 2. The summed E-state index contributed by atoms with van der Waals surface area (Å²) in [6.07, 6.45) is 7.79. The number of carbonyl (C=O) groups excluding carboxylic acids is 1. The highest BCUT2D eigenvalue weighted by Gasteiger charge is 2.46. The van der Waals surface area contributed by atoms with Crippen LogP contribution in [0.15, 0.2) is 45.7 Å². The summed E-state index contributed by atoms with van der Waals surface area (Å²) in [4.78, 5) is 37.5. The maximum atomic E-state index is 13.3. The van der Waals surface area contributed by atoms with E-state index in [4.69, 9.17) is 9.72 Å². The van der Waals surface area contributed by atoms with E-state index in [-0.39, 0.29) is 17.1 Å². The van der Waals surface area contributed by atoms with E-state index in [1.165, 1.54) is 23.4 Å². The maximum absolute atomic E-state index is 13.3. The number of rotatable bonds is 3. The Morgan fingerprint density at radius 3 is 2.43 bits per heavy atom. The van der Waals surface area contributed by atoms with E-state index < -0.39 is 5.60 Å². The molecule has 2 saturated heterocycles. The SMILES string of the molecule is CC(C)(C)OC(=O)N1CCN(CC2CCN(c3ccc4c(c3)-n3c(nc(=O)c5c(Br)cccc53)C43CCCCC3)CC2)CC1. The molecule has 0 bridgehead atoms. The van der Waals surface area contributed by atoms with Gasteiger partial charge in [-0.2, -0.15) is 4.98 Å². The van der Waals surface area contributed by atoms with Crippen LogP contribution in [0.4, 0.5) is 10.5 Å². The second-order valence-electron chi connectivity index (χ2n) is 14.3. The Morgan fingerprint density at radius 2 is 1.73 bits per heavy atom. The molecule has 3 fully saturated rings. The van der Waals surface area contributed by atoms with Crippen molar-refractivity contribution in [1.29, 1.82) is 0 Å². The predicted octanol–water partition coefficient (Wildman–Crippen LogP) is 6.48. The van der Waals surface area contributed by atoms with Gasteiger partial charge in [-0.25, -0.2) is 4.79 Å². The smallest absolute Gasteiger partial charge is 0.410 e. The fraction of sp³-hybridized carbons (Fsp3) is 0.571. The maximum Gasteiger partial charge on any atom is 0.410 e. The van der Waals surface area contributed by atoms with Crippen molar-refractivity contribution in [3.63, 3.8) is 0 Å². The lowest BCUT2D eigenvalue weighted by Crippen LogP contribution is -2.51. The average molecular weight is 663 g/mol. The van der Waals surface area contributed by atoms with E-state index >= 15 is 0 Å². The first kappa shape index (κ1) is 29.8. The molecule has 0 radical (unpaired) electrons. The summed E-state index contributed by atoms with van der Waals surface area (Å²) >= 11 is 3.63. The monoisotopic (exact) mass is 661 g/mol. The van der Waals surface area contributed by atoms with Gasteiger partial charge in [0.05, 0.1) is 22.0 Å². The lowest BCUT2D eigenvalue weighted by molar-refractivity contribution is 0.0130. The largest absolute Gasteiger partial charge is 0.444 e. The van der Waals surface area contributed by atoms with E-state index in [0.29, 0.717) is 11.3 Å². The molecule has 0 unspecified atom stereocenters. The Balaban J connectivity index is 1.07. The molecule has 0 N–H and O–H groups in total. The number of fused-ring (bicyclic) bond motifs is 7. The number of piperazine rings is 1. The number of anilines is 1. The number of piperidine rings is 1. The normalized spacial score (nSPS) is 20.6. The summed E-state index contributed by atoms with van der Waals surface area (Å²) in [5.74, 6) is 1.60. The third-order valence-electron chi connectivity index (χ3n) is 10.3. The van der Waals surface area contributed by atoms with Crippen LogP contribution >= 0.6 is 15.9 Å². The zero-order valence-electron chi connectivity index (χ0n) is 26.3. The molecule has 3 aromatic rings. The molecule has 44 heavy (non-hydrogen) atoms. The lowest BCUT2D eigenvalue weighted by Gasteiger charge is -2.39. The molecule has 1 aliphatic carbocycles. The molecule has 3 aliphatic heterocycles. The predicted molar refractivity (Wildman–Crippen MR) is 178 cm³/mol. The number of benzene rings is 2. The molecule has 7 rings (SSSR count). The number of halogens is 1. The fourth-order valence-electron chi connectivity index (χ4n) is 8.05. The topological polar surface area (TPSA) is 70.9 Å². The molecule has 2 aromatic carbocycles. The summed E-state index contributed by atoms with van der Waals surface area (Å²) in [6.45, 7) is 12.2. The summed E-state index contributed by atoms with van der Waals surface area (Å²) < 4.78 is 8.67. The number of carbonyl (C=O) groups is 1. The molecule has 0 atom stereocenters. The van der Waals surface area contributed by atoms with Gasteiger partial charge in [0, 0.05) is 56.0 Å². The molecule has 1 aromatic heterocycles. The minimum Gasteiger partial charge on any atom is -0.444 e. The molecule has 8 nitrogen and oxygen atoms in total. The molecule has 1 saturated carbocycles. The standard InChI is InChI=1S/C35H44BrN5O3/c1-34(2,3)44-33(43)40-20-18-38(19-21-40)23-24-12-16-39(17-13-24)25-10-11-26-29(22-25)41-28-9-7-8-27(36)30(28)31(42)37-32(41)35(26)14-5-4-6-15-35/h7-11,22,24H,4-6,12-21,23H2,1-3H3. The number of ether oxygens (including phenoxy) is 1. The van der Waals surface area contributed by atoms with Crippen molar-refractivity contribution in [3.8, 4) is 5.69 Å². The summed E-state index contributed by atoms with van der Waals surface area (Å²) in [5.41, 5.74) is 3.96. The highest BCUT2D eigenvalue weighted by Crippen LogP contribution is 2.52. The average Bonchev–Trinajstić information content (AvgIpc) is 3.25. The van der Waals surface area contributed by atoms with E-state index in [2.05, 4.69) is 54.6 Å². The van der Waals surface area contributed by atoms with E-state index in [1.54, 1.807) is 0 Å². The van der Waals surface area contributed by atoms with Crippen LogP contribution < -0.4 is 10.5 Å². The van der Waals surface area contributed by atoms with Crippen LogP contribution in [0.2, 0.25) is 0 Å². The Bertz CT molecular complexity index is 1620. The lowest BCUT2D eigenvalue weighted by atomic mass is 9.70. The van der Waals surface area contributed by atoms with Crippen molar-refractivity contribution in [1.82, 2.24) is 19.4 Å². The Labute approximate surface area is 268 Å². The van der Waals surface area contributed by atoms with Crippen LogP contribution in [-0.4, -0.2) is 76.9 Å². The second-order valence-corrected chi connectivity index (χ2v) is 15.1. The van der Waals surface area contributed by atoms with Gasteiger partial charge >= 0.3 is 6.09 Å². The van der Waals surface area contributed by atoms with Gasteiger partial charge in [0.25, 0.3) is 5.56 Å². The molecule has 1 amide bonds. The van der Waals surface area contributed by atoms with Crippen LogP contribution in [0.1, 0.15) is 77.1 Å². The van der Waals surface area contributed by atoms with Gasteiger partial charge in [-0.05, 0) is 98.1 Å². The number of hydrogen-bond donors (Lipinski definition) is 0. The fourth-order valence-corrected chi connectivity index (χ4v) is 8.57. The van der Waals surface area contributed by atoms with Crippen LogP contribution in [0.5, 0.6) is 0 Å². The van der Waals surface area contributed by atoms with E-state index in [1.807, 2.05) is 37.8 Å². The van der Waals surface area contributed by atoms with Gasteiger partial charge in [-0.15, -0.1) is 0 Å². The highest BCUT2D eigenvalue weighted by atomic mass is 79.9. The van der Waals surface area contributed by atoms with Crippen LogP contribution in [-0.2, 0) is 10.2 Å². The van der Waals surface area contributed by atoms with E-state index in [0.717, 1.165) is 100 Å². The first-order valence-corrected chi connectivity index (χ1v) is 17.2. The third kappa shape index (κ3) is 5.34. The highest BCUT2D eigenvalue weighted by molar-refractivity contribution is 9.10. The first-order valence-electron chi connectivity index (χ1n) is 16.4. The second kappa shape index (κ2) is 11.5. The molecule has 4 aliphatic rings. The van der Waals surface area contributed by atoms with Crippen LogP contribution in [0, 0.1) is 5.92 Å². The minimum absolute atomic E-state index is 0.134. The van der Waals surface area contributed by atoms with Crippen molar-refractivity contribution >= 4 is 38.6 Å². The molecule has 4 heterocycles. The molecule has 9 heteroatoms. The third-order valence-corrected chi connectivity index (χ3v) is 10.9. The zero-order valence-corrected chi connectivity index (χ0v) is 27.9. The van der Waals surface area contributed by atoms with Crippen molar-refractivity contribution in [2.24, 2.45) is 5.92 Å². The van der Waals surface area contributed by atoms with Gasteiger partial charge in [0.1, 0.15) is 11.4 Å². The van der Waals surface area contributed by atoms with Gasteiger partial charge in [-0.3, -0.25) is 14.3 Å². The molecular formula is C35H44BrN5O3. The van der Waals surface area contributed by atoms with E-state index in [9.17, 15) is 9.59 Å². The minimum atomic E-state index is -0.456. The Morgan fingerprint density at radius 1 is 1.00 bits per heavy atom. The van der Waals surface area contributed by atoms with Gasteiger partial charge in [0.2, 0.25) is 0 Å². The quantitative estimate of drug-likeness (QED) is 0.320. The molecular weight excluding hydrogens is 618 g/mol. The summed E-state index contributed by atoms with van der Waals surface area (Å²) in [5, 5.41) is 0.660. The number of amides is 1. The van der Waals surface area contributed by atoms with Crippen LogP contribution in [0.3, 0.4) is 0 Å². The van der Waals surface area contributed by atoms with Crippen molar-refractivity contribution < 1.29 is 9.53 Å². The van der Waals surface area contributed by atoms with Crippen molar-refractivity contribution in [2.45, 2.75) is 76.7 Å².